The Morgan fingerprint density at radius 2 is 1.75 bits per heavy atom. The number of rotatable bonds is 4. The van der Waals surface area contributed by atoms with Crippen LogP contribution in [0.15, 0.2) is 12.2 Å². The quantitative estimate of drug-likeness (QED) is 0.645. The van der Waals surface area contributed by atoms with Gasteiger partial charge in [0.15, 0.2) is 5.78 Å². The zero-order valence-electron chi connectivity index (χ0n) is 11.3. The molecule has 0 aromatic rings. The Bertz CT molecular complexity index is 255. The van der Waals surface area contributed by atoms with Gasteiger partial charge in [0.2, 0.25) is 0 Å². The van der Waals surface area contributed by atoms with Gasteiger partial charge in [-0.05, 0) is 30.3 Å². The molecule has 0 spiro atoms. The number of allylic oxidation sites excluding steroid dienone is 2. The first kappa shape index (κ1) is 13.5. The van der Waals surface area contributed by atoms with E-state index in [1.165, 1.54) is 32.1 Å². The molecule has 0 atom stereocenters. The zero-order valence-corrected chi connectivity index (χ0v) is 11.3. The van der Waals surface area contributed by atoms with Gasteiger partial charge in [-0.2, -0.15) is 0 Å². The van der Waals surface area contributed by atoms with Crippen LogP contribution >= 0.6 is 0 Å². The molecule has 0 saturated heterocycles. The van der Waals surface area contributed by atoms with E-state index in [0.717, 1.165) is 5.92 Å². The summed E-state index contributed by atoms with van der Waals surface area (Å²) in [6, 6.07) is 0. The number of hydrogen-bond acceptors (Lipinski definition) is 1. The second-order valence-corrected chi connectivity index (χ2v) is 6.05. The van der Waals surface area contributed by atoms with Crippen LogP contribution in [0.5, 0.6) is 0 Å². The van der Waals surface area contributed by atoms with Gasteiger partial charge in [-0.25, -0.2) is 0 Å². The summed E-state index contributed by atoms with van der Waals surface area (Å²) in [7, 11) is 0. The molecule has 0 bridgehead atoms. The summed E-state index contributed by atoms with van der Waals surface area (Å²) in [6.07, 6.45) is 10.7. The van der Waals surface area contributed by atoms with E-state index in [1.54, 1.807) is 6.08 Å². The lowest BCUT2D eigenvalue weighted by Crippen LogP contribution is -2.24. The fraction of sp³-hybridized carbons (Fsp3) is 0.800. The highest BCUT2D eigenvalue weighted by Gasteiger charge is 2.28. The molecule has 0 aromatic heterocycles. The summed E-state index contributed by atoms with van der Waals surface area (Å²) in [5, 5.41) is 0. The van der Waals surface area contributed by atoms with Crippen LogP contribution < -0.4 is 0 Å². The lowest BCUT2D eigenvalue weighted by atomic mass is 9.71. The van der Waals surface area contributed by atoms with E-state index in [9.17, 15) is 4.79 Å². The van der Waals surface area contributed by atoms with Crippen LogP contribution in [-0.4, -0.2) is 5.78 Å². The lowest BCUT2D eigenvalue weighted by Gasteiger charge is -2.34. The highest BCUT2D eigenvalue weighted by Crippen LogP contribution is 2.39. The van der Waals surface area contributed by atoms with Crippen molar-refractivity contribution in [2.75, 3.05) is 0 Å². The summed E-state index contributed by atoms with van der Waals surface area (Å²) in [4.78, 5) is 11.6. The lowest BCUT2D eigenvalue weighted by molar-refractivity contribution is -0.117. The molecular formula is C15H26O. The van der Waals surface area contributed by atoms with E-state index < -0.39 is 0 Å². The topological polar surface area (TPSA) is 17.1 Å². The van der Waals surface area contributed by atoms with E-state index in [1.807, 2.05) is 13.8 Å². The van der Waals surface area contributed by atoms with Gasteiger partial charge in [0.05, 0.1) is 0 Å². The van der Waals surface area contributed by atoms with Crippen molar-refractivity contribution in [3.05, 3.63) is 12.2 Å². The number of ketones is 1. The Labute approximate surface area is 100 Å². The third-order valence-electron chi connectivity index (χ3n) is 3.90. The van der Waals surface area contributed by atoms with Crippen molar-refractivity contribution in [1.82, 2.24) is 0 Å². The monoisotopic (exact) mass is 222 g/mol. The molecule has 1 nitrogen and oxygen atoms in total. The molecule has 1 aliphatic carbocycles. The molecule has 1 rings (SSSR count). The molecule has 16 heavy (non-hydrogen) atoms. The van der Waals surface area contributed by atoms with Crippen molar-refractivity contribution in [2.24, 2.45) is 17.3 Å². The van der Waals surface area contributed by atoms with Gasteiger partial charge in [0.25, 0.3) is 0 Å². The molecule has 0 aromatic carbocycles. The van der Waals surface area contributed by atoms with Crippen LogP contribution in [-0.2, 0) is 4.79 Å². The van der Waals surface area contributed by atoms with Gasteiger partial charge < -0.3 is 0 Å². The average molecular weight is 222 g/mol. The predicted molar refractivity (Wildman–Crippen MR) is 69.3 cm³/mol. The predicted octanol–water partition coefficient (Wildman–Crippen LogP) is 4.37. The summed E-state index contributed by atoms with van der Waals surface area (Å²) in [5.41, 5.74) is 0.185. The van der Waals surface area contributed by atoms with Crippen molar-refractivity contribution >= 4 is 5.78 Å². The first-order valence-electron chi connectivity index (χ1n) is 6.66. The molecule has 0 heterocycles. The minimum Gasteiger partial charge on any atom is -0.295 e. The SMILES string of the molecule is CC(C)C(=O)/C=C\C(C)(C)C1CCCCC1. The van der Waals surface area contributed by atoms with Crippen LogP contribution in [0.4, 0.5) is 0 Å². The molecule has 0 unspecified atom stereocenters. The molecule has 0 N–H and O–H groups in total. The van der Waals surface area contributed by atoms with Gasteiger partial charge in [0, 0.05) is 5.92 Å². The number of hydrogen-bond donors (Lipinski definition) is 0. The van der Waals surface area contributed by atoms with Crippen molar-refractivity contribution in [3.63, 3.8) is 0 Å². The smallest absolute Gasteiger partial charge is 0.157 e. The fourth-order valence-corrected chi connectivity index (χ4v) is 2.47. The van der Waals surface area contributed by atoms with Crippen molar-refractivity contribution < 1.29 is 4.79 Å². The van der Waals surface area contributed by atoms with Gasteiger partial charge in [0.1, 0.15) is 0 Å². The van der Waals surface area contributed by atoms with Crippen molar-refractivity contribution in [1.29, 1.82) is 0 Å². The Morgan fingerprint density at radius 1 is 1.19 bits per heavy atom. The Balaban J connectivity index is 2.58. The van der Waals surface area contributed by atoms with Gasteiger partial charge in [-0.3, -0.25) is 4.79 Å². The Hall–Kier alpha value is -0.590. The summed E-state index contributed by atoms with van der Waals surface area (Å²) < 4.78 is 0. The minimum atomic E-state index is 0.124. The second-order valence-electron chi connectivity index (χ2n) is 6.05. The normalized spacial score (nSPS) is 19.6. The first-order valence-corrected chi connectivity index (χ1v) is 6.66. The van der Waals surface area contributed by atoms with E-state index in [-0.39, 0.29) is 17.1 Å². The highest BCUT2D eigenvalue weighted by molar-refractivity contribution is 5.91. The maximum Gasteiger partial charge on any atom is 0.157 e. The fourth-order valence-electron chi connectivity index (χ4n) is 2.47. The molecule has 1 heteroatoms. The van der Waals surface area contributed by atoms with Crippen molar-refractivity contribution in [2.45, 2.75) is 59.8 Å². The van der Waals surface area contributed by atoms with Crippen LogP contribution in [0, 0.1) is 17.3 Å². The van der Waals surface area contributed by atoms with Crippen LogP contribution in [0.2, 0.25) is 0 Å². The maximum absolute atomic E-state index is 11.6. The van der Waals surface area contributed by atoms with Crippen LogP contribution in [0.1, 0.15) is 59.8 Å². The third-order valence-corrected chi connectivity index (χ3v) is 3.90. The number of carbonyl (C=O) groups is 1. The van der Waals surface area contributed by atoms with Gasteiger partial charge >= 0.3 is 0 Å². The van der Waals surface area contributed by atoms with Crippen molar-refractivity contribution in [3.8, 4) is 0 Å². The zero-order chi connectivity index (χ0) is 12.2. The second kappa shape index (κ2) is 5.65. The Morgan fingerprint density at radius 3 is 2.25 bits per heavy atom. The summed E-state index contributed by atoms with van der Waals surface area (Å²) in [5.74, 6) is 1.14. The Kier molecular flexibility index (Phi) is 4.76. The molecular weight excluding hydrogens is 196 g/mol. The first-order chi connectivity index (χ1) is 7.43. The average Bonchev–Trinajstić information content (AvgIpc) is 2.27. The van der Waals surface area contributed by atoms with E-state index >= 15 is 0 Å². The number of carbonyl (C=O) groups excluding carboxylic acids is 1. The van der Waals surface area contributed by atoms with E-state index in [2.05, 4.69) is 19.9 Å². The molecule has 1 aliphatic rings. The summed E-state index contributed by atoms with van der Waals surface area (Å²) in [6.45, 7) is 8.46. The van der Waals surface area contributed by atoms with E-state index in [0.29, 0.717) is 0 Å². The highest BCUT2D eigenvalue weighted by atomic mass is 16.1. The third kappa shape index (κ3) is 3.77. The van der Waals surface area contributed by atoms with Crippen LogP contribution in [0.25, 0.3) is 0 Å². The molecule has 0 amide bonds. The largest absolute Gasteiger partial charge is 0.295 e. The summed E-state index contributed by atoms with van der Waals surface area (Å²) >= 11 is 0. The minimum absolute atomic E-state index is 0.124. The standard InChI is InChI=1S/C15H26O/c1-12(2)14(16)10-11-15(3,4)13-8-6-5-7-9-13/h10-13H,5-9H2,1-4H3/b11-10-. The molecule has 92 valence electrons. The maximum atomic E-state index is 11.6. The molecule has 1 fully saturated rings. The van der Waals surface area contributed by atoms with Gasteiger partial charge in [-0.15, -0.1) is 0 Å². The molecule has 0 aliphatic heterocycles. The van der Waals surface area contributed by atoms with E-state index in [4.69, 9.17) is 0 Å². The molecule has 0 radical (unpaired) electrons. The molecule has 1 saturated carbocycles. The van der Waals surface area contributed by atoms with Gasteiger partial charge in [-0.1, -0.05) is 53.0 Å². The van der Waals surface area contributed by atoms with Crippen LogP contribution in [0.3, 0.4) is 0 Å².